The third kappa shape index (κ3) is 3.52. The second-order valence-corrected chi connectivity index (χ2v) is 6.30. The zero-order valence-corrected chi connectivity index (χ0v) is 13.0. The Morgan fingerprint density at radius 3 is 2.58 bits per heavy atom. The second kappa shape index (κ2) is 6.76. The van der Waals surface area contributed by atoms with E-state index in [2.05, 4.69) is 37.4 Å². The molecule has 19 heavy (non-hydrogen) atoms. The highest BCUT2D eigenvalue weighted by molar-refractivity contribution is 6.30. The summed E-state index contributed by atoms with van der Waals surface area (Å²) < 4.78 is 0. The van der Waals surface area contributed by atoms with Crippen molar-refractivity contribution in [2.45, 2.75) is 58.4 Å². The smallest absolute Gasteiger partial charge is 0.0408 e. The highest BCUT2D eigenvalue weighted by atomic mass is 35.5. The van der Waals surface area contributed by atoms with Gasteiger partial charge in [0.1, 0.15) is 0 Å². The Balaban J connectivity index is 2.15. The average molecular weight is 280 g/mol. The molecular formula is C17H26ClN. The molecule has 1 fully saturated rings. The molecule has 1 aromatic rings. The minimum Gasteiger partial charge on any atom is -0.313 e. The Kier molecular flexibility index (Phi) is 5.29. The van der Waals surface area contributed by atoms with Crippen LogP contribution in [-0.2, 0) is 6.42 Å². The molecule has 0 aromatic heterocycles. The normalized spacial score (nSPS) is 19.5. The molecule has 0 heterocycles. The monoisotopic (exact) mass is 279 g/mol. The van der Waals surface area contributed by atoms with Crippen LogP contribution in [0.4, 0.5) is 0 Å². The standard InChI is InChI=1S/C17H26ClN/c1-3-17(10-5-6-11-17)16(19-4-2)13-14-8-7-9-15(18)12-14/h7-9,12,16,19H,3-6,10-11,13H2,1-2H3. The highest BCUT2D eigenvalue weighted by Crippen LogP contribution is 2.44. The topological polar surface area (TPSA) is 12.0 Å². The summed E-state index contributed by atoms with van der Waals surface area (Å²) in [5, 5.41) is 4.59. The van der Waals surface area contributed by atoms with Crippen molar-refractivity contribution in [2.75, 3.05) is 6.54 Å². The number of hydrogen-bond donors (Lipinski definition) is 1. The third-order valence-corrected chi connectivity index (χ3v) is 5.06. The lowest BCUT2D eigenvalue weighted by atomic mass is 9.74. The molecule has 0 amide bonds. The lowest BCUT2D eigenvalue weighted by Crippen LogP contribution is -2.45. The number of halogens is 1. The van der Waals surface area contributed by atoms with Gasteiger partial charge in [0.2, 0.25) is 0 Å². The predicted octanol–water partition coefficient (Wildman–Crippen LogP) is 4.83. The van der Waals surface area contributed by atoms with Gasteiger partial charge in [-0.1, -0.05) is 50.4 Å². The van der Waals surface area contributed by atoms with Crippen molar-refractivity contribution in [1.82, 2.24) is 5.32 Å². The molecule has 0 bridgehead atoms. The fraction of sp³-hybridized carbons (Fsp3) is 0.647. The molecule has 1 N–H and O–H groups in total. The van der Waals surface area contributed by atoms with Crippen LogP contribution in [0.25, 0.3) is 0 Å². The summed E-state index contributed by atoms with van der Waals surface area (Å²) in [6.07, 6.45) is 7.92. The Hall–Kier alpha value is -0.530. The van der Waals surface area contributed by atoms with E-state index in [0.717, 1.165) is 18.0 Å². The van der Waals surface area contributed by atoms with E-state index >= 15 is 0 Å². The van der Waals surface area contributed by atoms with Gasteiger partial charge < -0.3 is 5.32 Å². The van der Waals surface area contributed by atoms with E-state index in [9.17, 15) is 0 Å². The second-order valence-electron chi connectivity index (χ2n) is 5.87. The third-order valence-electron chi connectivity index (χ3n) is 4.82. The fourth-order valence-corrected chi connectivity index (χ4v) is 3.89. The van der Waals surface area contributed by atoms with Crippen LogP contribution in [-0.4, -0.2) is 12.6 Å². The van der Waals surface area contributed by atoms with Crippen LogP contribution in [0.5, 0.6) is 0 Å². The number of likely N-dealkylation sites (N-methyl/N-ethyl adjacent to an activating group) is 1. The molecule has 106 valence electrons. The van der Waals surface area contributed by atoms with Gasteiger partial charge in [-0.15, -0.1) is 0 Å². The lowest BCUT2D eigenvalue weighted by Gasteiger charge is -2.38. The van der Waals surface area contributed by atoms with Crippen molar-refractivity contribution in [1.29, 1.82) is 0 Å². The summed E-state index contributed by atoms with van der Waals surface area (Å²) in [6, 6.07) is 8.92. The molecule has 0 aliphatic heterocycles. The lowest BCUT2D eigenvalue weighted by molar-refractivity contribution is 0.186. The van der Waals surface area contributed by atoms with Gasteiger partial charge in [-0.3, -0.25) is 0 Å². The summed E-state index contributed by atoms with van der Waals surface area (Å²) in [7, 11) is 0. The highest BCUT2D eigenvalue weighted by Gasteiger charge is 2.39. The van der Waals surface area contributed by atoms with E-state index in [0.29, 0.717) is 11.5 Å². The largest absolute Gasteiger partial charge is 0.313 e. The molecule has 1 aliphatic rings. The van der Waals surface area contributed by atoms with Crippen LogP contribution in [0.1, 0.15) is 51.5 Å². The van der Waals surface area contributed by atoms with Crippen molar-refractivity contribution in [3.63, 3.8) is 0 Å². The minimum absolute atomic E-state index is 0.498. The Morgan fingerprint density at radius 2 is 2.00 bits per heavy atom. The molecule has 1 saturated carbocycles. The molecule has 2 rings (SSSR count). The maximum absolute atomic E-state index is 6.11. The van der Waals surface area contributed by atoms with Crippen molar-refractivity contribution in [3.05, 3.63) is 34.9 Å². The molecule has 1 nitrogen and oxygen atoms in total. The summed E-state index contributed by atoms with van der Waals surface area (Å²) in [4.78, 5) is 0. The van der Waals surface area contributed by atoms with Crippen molar-refractivity contribution >= 4 is 11.6 Å². The van der Waals surface area contributed by atoms with Gasteiger partial charge in [0, 0.05) is 11.1 Å². The maximum atomic E-state index is 6.11. The van der Waals surface area contributed by atoms with Crippen LogP contribution in [0, 0.1) is 5.41 Å². The Labute approximate surface area is 122 Å². The molecule has 1 unspecified atom stereocenters. The van der Waals surface area contributed by atoms with Crippen molar-refractivity contribution in [3.8, 4) is 0 Å². The Morgan fingerprint density at radius 1 is 1.26 bits per heavy atom. The van der Waals surface area contributed by atoms with E-state index in [-0.39, 0.29) is 0 Å². The molecule has 0 saturated heterocycles. The number of nitrogens with one attached hydrogen (secondary N) is 1. The van der Waals surface area contributed by atoms with Gasteiger partial charge in [-0.05, 0) is 55.3 Å². The Bertz CT molecular complexity index is 396. The molecular weight excluding hydrogens is 254 g/mol. The van der Waals surface area contributed by atoms with Gasteiger partial charge in [0.25, 0.3) is 0 Å². The van der Waals surface area contributed by atoms with Crippen LogP contribution in [0.3, 0.4) is 0 Å². The van der Waals surface area contributed by atoms with Crippen molar-refractivity contribution in [2.24, 2.45) is 5.41 Å². The first kappa shape index (κ1) is 14.9. The zero-order chi connectivity index (χ0) is 13.7. The number of rotatable bonds is 6. The molecule has 0 spiro atoms. The van der Waals surface area contributed by atoms with Gasteiger partial charge in [-0.2, -0.15) is 0 Å². The first-order valence-corrected chi connectivity index (χ1v) is 8.06. The molecule has 0 radical (unpaired) electrons. The van der Waals surface area contributed by atoms with Crippen LogP contribution >= 0.6 is 11.6 Å². The predicted molar refractivity (Wildman–Crippen MR) is 83.8 cm³/mol. The van der Waals surface area contributed by atoms with E-state index < -0.39 is 0 Å². The van der Waals surface area contributed by atoms with Crippen molar-refractivity contribution < 1.29 is 0 Å². The van der Waals surface area contributed by atoms with Crippen LogP contribution in [0.2, 0.25) is 5.02 Å². The number of hydrogen-bond acceptors (Lipinski definition) is 1. The average Bonchev–Trinajstić information content (AvgIpc) is 2.88. The van der Waals surface area contributed by atoms with Gasteiger partial charge in [0.15, 0.2) is 0 Å². The molecule has 2 heteroatoms. The minimum atomic E-state index is 0.498. The van der Waals surface area contributed by atoms with E-state index in [1.165, 1.54) is 37.7 Å². The quantitative estimate of drug-likeness (QED) is 0.786. The van der Waals surface area contributed by atoms with E-state index in [4.69, 9.17) is 11.6 Å². The van der Waals surface area contributed by atoms with Gasteiger partial charge >= 0.3 is 0 Å². The van der Waals surface area contributed by atoms with Crippen LogP contribution in [0.15, 0.2) is 24.3 Å². The number of benzene rings is 1. The maximum Gasteiger partial charge on any atom is 0.0408 e. The fourth-order valence-electron chi connectivity index (χ4n) is 3.68. The first-order chi connectivity index (χ1) is 9.20. The molecule has 1 atom stereocenters. The van der Waals surface area contributed by atoms with Gasteiger partial charge in [0.05, 0.1) is 0 Å². The first-order valence-electron chi connectivity index (χ1n) is 7.68. The van der Waals surface area contributed by atoms with Crippen LogP contribution < -0.4 is 5.32 Å². The summed E-state index contributed by atoms with van der Waals surface area (Å²) in [5.41, 5.74) is 1.86. The summed E-state index contributed by atoms with van der Waals surface area (Å²) >= 11 is 6.11. The summed E-state index contributed by atoms with van der Waals surface area (Å²) in [5.74, 6) is 0. The molecule has 1 aromatic carbocycles. The SMILES string of the molecule is CCNC(Cc1cccc(Cl)c1)C1(CC)CCCC1. The van der Waals surface area contributed by atoms with E-state index in [1.54, 1.807) is 0 Å². The van der Waals surface area contributed by atoms with E-state index in [1.807, 2.05) is 6.07 Å². The summed E-state index contributed by atoms with van der Waals surface area (Å²) in [6.45, 7) is 5.61. The van der Waals surface area contributed by atoms with Gasteiger partial charge in [-0.25, -0.2) is 0 Å². The zero-order valence-electron chi connectivity index (χ0n) is 12.2. The molecule has 1 aliphatic carbocycles.